The maximum Gasteiger partial charge on any atom is 0.324 e. The number of methoxy groups -OCH3 is 2. The van der Waals surface area contributed by atoms with Crippen molar-refractivity contribution in [1.29, 1.82) is 0 Å². The summed E-state index contributed by atoms with van der Waals surface area (Å²) < 4.78 is 10.7. The van der Waals surface area contributed by atoms with Gasteiger partial charge < -0.3 is 14.4 Å². The summed E-state index contributed by atoms with van der Waals surface area (Å²) in [6, 6.07) is 7.74. The van der Waals surface area contributed by atoms with Gasteiger partial charge in [-0.15, -0.1) is 0 Å². The Morgan fingerprint density at radius 2 is 1.83 bits per heavy atom. The fraction of sp³-hybridized carbons (Fsp3) is 0.522. The van der Waals surface area contributed by atoms with E-state index in [1.165, 1.54) is 14.2 Å². The number of ether oxygens (including phenoxy) is 2. The Labute approximate surface area is 175 Å². The van der Waals surface area contributed by atoms with E-state index in [2.05, 4.69) is 4.90 Å². The number of likely N-dealkylation sites (N-methyl/N-ethyl adjacent to an activating group) is 1. The van der Waals surface area contributed by atoms with Gasteiger partial charge in [0.15, 0.2) is 16.9 Å². The zero-order chi connectivity index (χ0) is 21.5. The second-order valence-corrected chi connectivity index (χ2v) is 8.66. The number of hydrogen-bond donors (Lipinski definition) is 0. The molecular weight excluding hydrogens is 384 g/mol. The van der Waals surface area contributed by atoms with Crippen molar-refractivity contribution < 1.29 is 23.9 Å². The Kier molecular flexibility index (Phi) is 3.82. The molecule has 1 aliphatic carbocycles. The minimum atomic E-state index is -1.64. The van der Waals surface area contributed by atoms with Crippen LogP contribution in [0.15, 0.2) is 35.9 Å². The number of Topliss-reactive ketones (excluding diaryl/α,β-unsaturated/α-hetero) is 1. The first kappa shape index (κ1) is 19.3. The summed E-state index contributed by atoms with van der Waals surface area (Å²) in [5, 5.41) is 0. The third kappa shape index (κ3) is 1.62. The molecule has 4 fully saturated rings. The summed E-state index contributed by atoms with van der Waals surface area (Å²) in [7, 11) is 4.52. The third-order valence-electron chi connectivity index (χ3n) is 8.20. The Morgan fingerprint density at radius 1 is 1.17 bits per heavy atom. The van der Waals surface area contributed by atoms with Crippen molar-refractivity contribution in [3.63, 3.8) is 0 Å². The van der Waals surface area contributed by atoms with Gasteiger partial charge in [-0.1, -0.05) is 29.8 Å². The lowest BCUT2D eigenvalue weighted by Crippen LogP contribution is -2.77. The number of nitrogens with zero attached hydrogens (tertiary/aromatic N) is 2. The van der Waals surface area contributed by atoms with Crippen LogP contribution in [0.1, 0.15) is 25.3 Å². The van der Waals surface area contributed by atoms with Crippen LogP contribution in [0.4, 0.5) is 5.69 Å². The number of para-hydroxylation sites is 1. The first-order valence-corrected chi connectivity index (χ1v) is 10.3. The van der Waals surface area contributed by atoms with Gasteiger partial charge in [0.1, 0.15) is 0 Å². The number of carbonyl (C=O) groups is 3. The number of rotatable bonds is 2. The number of benzene rings is 1. The molecule has 1 aromatic carbocycles. The van der Waals surface area contributed by atoms with E-state index in [0.29, 0.717) is 19.5 Å². The van der Waals surface area contributed by atoms with E-state index in [1.807, 2.05) is 49.2 Å². The van der Waals surface area contributed by atoms with Crippen LogP contribution in [-0.2, 0) is 29.3 Å². The Balaban J connectivity index is 2.01. The number of ketones is 1. The average molecular weight is 410 g/mol. The van der Waals surface area contributed by atoms with Crippen LogP contribution in [0.2, 0.25) is 0 Å². The molecule has 4 bridgehead atoms. The summed E-state index contributed by atoms with van der Waals surface area (Å²) in [6.07, 6.45) is 2.54. The molecule has 158 valence electrons. The molecule has 7 nitrogen and oxygen atoms in total. The van der Waals surface area contributed by atoms with Gasteiger partial charge in [-0.2, -0.15) is 0 Å². The molecule has 5 aliphatic rings. The summed E-state index contributed by atoms with van der Waals surface area (Å²) in [5.74, 6) is -1.80. The number of carbonyl (C=O) groups excluding carboxylic acids is 3. The molecule has 0 aromatic heterocycles. The van der Waals surface area contributed by atoms with E-state index in [1.54, 1.807) is 0 Å². The van der Waals surface area contributed by atoms with Crippen molar-refractivity contribution in [3.8, 4) is 0 Å². The molecule has 3 saturated heterocycles. The maximum absolute atomic E-state index is 14.0. The third-order valence-corrected chi connectivity index (χ3v) is 8.20. The lowest BCUT2D eigenvalue weighted by molar-refractivity contribution is -0.188. The standard InChI is InChI=1S/C23H26N2O5/c1-5-14-13-25-11-10-21-15-8-6-7-9-17(15)24(2)23(21,25)18(26)12-16(14)22(21,19(27)29-3)20(28)30-4/h5-9,16H,10-13H2,1-4H3/b14-5-/t16?,21-,23-/m0/s1. The average Bonchev–Trinajstić information content (AvgIpc) is 3.15. The Bertz CT molecular complexity index is 1000. The van der Waals surface area contributed by atoms with Crippen LogP contribution in [0.25, 0.3) is 0 Å². The van der Waals surface area contributed by atoms with E-state index < -0.39 is 34.3 Å². The van der Waals surface area contributed by atoms with Crippen molar-refractivity contribution in [2.45, 2.75) is 30.8 Å². The predicted octanol–water partition coefficient (Wildman–Crippen LogP) is 1.66. The zero-order valence-corrected chi connectivity index (χ0v) is 17.7. The second kappa shape index (κ2) is 5.94. The number of allylic oxidation sites excluding steroid dienone is 1. The van der Waals surface area contributed by atoms with Crippen LogP contribution >= 0.6 is 0 Å². The van der Waals surface area contributed by atoms with Crippen LogP contribution in [0.5, 0.6) is 0 Å². The highest BCUT2D eigenvalue weighted by Crippen LogP contribution is 2.73. The molecule has 4 atom stereocenters. The molecule has 7 heteroatoms. The quantitative estimate of drug-likeness (QED) is 0.417. The maximum atomic E-state index is 14.0. The predicted molar refractivity (Wildman–Crippen MR) is 109 cm³/mol. The molecule has 1 aromatic rings. The molecule has 2 unspecified atom stereocenters. The smallest absolute Gasteiger partial charge is 0.324 e. The number of fused-ring (bicyclic) bond motifs is 3. The highest BCUT2D eigenvalue weighted by Gasteiger charge is 2.87. The number of hydrogen-bond acceptors (Lipinski definition) is 7. The summed E-state index contributed by atoms with van der Waals surface area (Å²) in [5.41, 5.74) is -1.22. The molecule has 4 aliphatic heterocycles. The zero-order valence-electron chi connectivity index (χ0n) is 17.7. The van der Waals surface area contributed by atoms with Crippen molar-refractivity contribution in [3.05, 3.63) is 41.5 Å². The molecular formula is C23H26N2O5. The molecule has 4 heterocycles. The lowest BCUT2D eigenvalue weighted by atomic mass is 9.45. The topological polar surface area (TPSA) is 76.2 Å². The van der Waals surface area contributed by atoms with E-state index in [0.717, 1.165) is 16.8 Å². The minimum absolute atomic E-state index is 0.0454. The van der Waals surface area contributed by atoms with E-state index in [4.69, 9.17) is 9.47 Å². The highest BCUT2D eigenvalue weighted by atomic mass is 16.5. The molecule has 0 amide bonds. The number of anilines is 1. The minimum Gasteiger partial charge on any atom is -0.468 e. The van der Waals surface area contributed by atoms with Crippen molar-refractivity contribution in [1.82, 2.24) is 4.90 Å². The normalized spacial score (nSPS) is 36.3. The van der Waals surface area contributed by atoms with Gasteiger partial charge in [0.05, 0.1) is 19.6 Å². The van der Waals surface area contributed by atoms with Gasteiger partial charge >= 0.3 is 11.9 Å². The SMILES string of the molecule is C/C=C1/CN2CC[C@@]34c5ccccc5N(C)[C@@]23C(=O)CC1C4(C(=O)OC)C(=O)OC. The van der Waals surface area contributed by atoms with Gasteiger partial charge in [-0.05, 0) is 25.0 Å². The van der Waals surface area contributed by atoms with Gasteiger partial charge in [0, 0.05) is 38.2 Å². The van der Waals surface area contributed by atoms with Crippen LogP contribution in [0, 0.1) is 11.3 Å². The molecule has 6 rings (SSSR count). The van der Waals surface area contributed by atoms with Crippen molar-refractivity contribution >= 4 is 23.4 Å². The summed E-state index contributed by atoms with van der Waals surface area (Å²) in [4.78, 5) is 45.6. The largest absolute Gasteiger partial charge is 0.468 e. The Hall–Kier alpha value is -2.67. The first-order valence-electron chi connectivity index (χ1n) is 10.3. The lowest BCUT2D eigenvalue weighted by Gasteiger charge is -2.56. The molecule has 0 radical (unpaired) electrons. The molecule has 0 N–H and O–H groups in total. The summed E-state index contributed by atoms with van der Waals surface area (Å²) >= 11 is 0. The van der Waals surface area contributed by atoms with E-state index >= 15 is 0 Å². The fourth-order valence-corrected chi connectivity index (χ4v) is 7.36. The number of esters is 2. The first-order chi connectivity index (χ1) is 14.4. The van der Waals surface area contributed by atoms with Gasteiger partial charge in [0.25, 0.3) is 0 Å². The van der Waals surface area contributed by atoms with E-state index in [-0.39, 0.29) is 12.2 Å². The van der Waals surface area contributed by atoms with Crippen LogP contribution in [0.3, 0.4) is 0 Å². The van der Waals surface area contributed by atoms with Crippen LogP contribution < -0.4 is 4.90 Å². The van der Waals surface area contributed by atoms with E-state index in [9.17, 15) is 14.4 Å². The molecule has 30 heavy (non-hydrogen) atoms. The van der Waals surface area contributed by atoms with Gasteiger partial charge in [-0.25, -0.2) is 0 Å². The second-order valence-electron chi connectivity index (χ2n) is 8.66. The molecule has 1 saturated carbocycles. The summed E-state index contributed by atoms with van der Waals surface area (Å²) in [6.45, 7) is 3.03. The highest BCUT2D eigenvalue weighted by molar-refractivity contribution is 6.11. The molecule has 1 spiro atoms. The van der Waals surface area contributed by atoms with Gasteiger partial charge in [0.2, 0.25) is 0 Å². The van der Waals surface area contributed by atoms with Crippen LogP contribution in [-0.4, -0.2) is 62.6 Å². The fourth-order valence-electron chi connectivity index (χ4n) is 7.36. The monoisotopic (exact) mass is 410 g/mol. The van der Waals surface area contributed by atoms with Gasteiger partial charge in [-0.3, -0.25) is 19.3 Å². The Morgan fingerprint density at radius 3 is 2.47 bits per heavy atom. The van der Waals surface area contributed by atoms with Crippen molar-refractivity contribution in [2.75, 3.05) is 39.3 Å². The van der Waals surface area contributed by atoms with Crippen molar-refractivity contribution in [2.24, 2.45) is 11.3 Å².